The molecule has 1 aromatic heterocycles. The molecule has 6 heteroatoms. The van der Waals surface area contributed by atoms with E-state index in [9.17, 15) is 5.11 Å². The second kappa shape index (κ2) is 9.16. The highest BCUT2D eigenvalue weighted by Gasteiger charge is 2.67. The molecular formula is C28H45N3O3. The van der Waals surface area contributed by atoms with Crippen molar-refractivity contribution in [1.82, 2.24) is 5.32 Å². The van der Waals surface area contributed by atoms with E-state index in [0.29, 0.717) is 35.2 Å². The predicted octanol–water partition coefficient (Wildman–Crippen LogP) is 5.17. The van der Waals surface area contributed by atoms with Crippen LogP contribution in [-0.4, -0.2) is 35.9 Å². The number of nitrogens with two attached hydrogens (primary N) is 1. The molecule has 0 aromatic carbocycles. The van der Waals surface area contributed by atoms with Crippen molar-refractivity contribution in [3.63, 3.8) is 0 Å². The molecule has 1 heterocycles. The fourth-order valence-electron chi connectivity index (χ4n) is 9.04. The van der Waals surface area contributed by atoms with Crippen molar-refractivity contribution >= 4 is 5.96 Å². The third kappa shape index (κ3) is 3.89. The summed E-state index contributed by atoms with van der Waals surface area (Å²) >= 11 is 0. The quantitative estimate of drug-likeness (QED) is 0.249. The van der Waals surface area contributed by atoms with Crippen molar-refractivity contribution in [3.05, 3.63) is 24.2 Å². The van der Waals surface area contributed by atoms with Crippen LogP contribution in [0, 0.1) is 34.0 Å². The van der Waals surface area contributed by atoms with Crippen LogP contribution >= 0.6 is 0 Å². The van der Waals surface area contributed by atoms with Gasteiger partial charge in [0.05, 0.1) is 24.2 Å². The largest absolute Gasteiger partial charge is 0.472 e. The molecule has 0 spiro atoms. The van der Waals surface area contributed by atoms with E-state index >= 15 is 0 Å². The van der Waals surface area contributed by atoms with Crippen molar-refractivity contribution in [2.75, 3.05) is 13.2 Å². The standard InChI is InChI=1S/C28H45N3O3/c1-26-11-7-21(34-15-4-3-14-31-25(29)30)17-20(26)5-6-24-23(26)8-12-27(2)22(9-13-28(24,27)32)19-10-16-33-18-19/h10,16,18,20-24,32H,3-9,11-15,17H2,1-2H3,(H4,29,30,31)/t20?,21?,22?,23-,24-,26+,27-,28-/m1/s1. The SMILES string of the molecule is C[C@]12CCC(OCCCCNC(=N)N)CC1CC[C@@H]1[C@H]2CC[C@]2(C)C(c3ccoc3)CC[C@@]12O. The first-order valence-corrected chi connectivity index (χ1v) is 13.7. The van der Waals surface area contributed by atoms with E-state index in [2.05, 4.69) is 25.2 Å². The minimum Gasteiger partial charge on any atom is -0.472 e. The number of aliphatic hydroxyl groups is 1. The highest BCUT2D eigenvalue weighted by molar-refractivity contribution is 5.74. The van der Waals surface area contributed by atoms with E-state index in [1.807, 2.05) is 6.26 Å². The third-order valence-corrected chi connectivity index (χ3v) is 11.0. The van der Waals surface area contributed by atoms with E-state index in [0.717, 1.165) is 51.7 Å². The van der Waals surface area contributed by atoms with E-state index in [4.69, 9.17) is 20.3 Å². The second-order valence-corrected chi connectivity index (χ2v) is 12.3. The van der Waals surface area contributed by atoms with Gasteiger partial charge in [0.1, 0.15) is 0 Å². The van der Waals surface area contributed by atoms with Crippen LogP contribution in [0.5, 0.6) is 0 Å². The third-order valence-electron chi connectivity index (χ3n) is 11.0. The zero-order chi connectivity index (χ0) is 24.0. The summed E-state index contributed by atoms with van der Waals surface area (Å²) in [6.45, 7) is 6.47. The van der Waals surface area contributed by atoms with Crippen molar-refractivity contribution in [1.29, 1.82) is 5.41 Å². The fraction of sp³-hybridized carbons (Fsp3) is 0.821. The van der Waals surface area contributed by atoms with E-state index in [1.54, 1.807) is 6.26 Å². The Morgan fingerprint density at radius 1 is 1.15 bits per heavy atom. The van der Waals surface area contributed by atoms with Crippen molar-refractivity contribution in [3.8, 4) is 0 Å². The molecule has 0 radical (unpaired) electrons. The van der Waals surface area contributed by atoms with Crippen LogP contribution in [0.1, 0.15) is 96.0 Å². The van der Waals surface area contributed by atoms with Crippen LogP contribution in [0.4, 0.5) is 0 Å². The first-order chi connectivity index (χ1) is 16.3. The van der Waals surface area contributed by atoms with Gasteiger partial charge in [-0.05, 0) is 111 Å². The lowest BCUT2D eigenvalue weighted by atomic mass is 9.43. The van der Waals surface area contributed by atoms with E-state index in [1.165, 1.54) is 37.7 Å². The molecule has 4 aliphatic rings. The number of fused-ring (bicyclic) bond motifs is 5. The Kier molecular flexibility index (Phi) is 6.52. The summed E-state index contributed by atoms with van der Waals surface area (Å²) in [5, 5.41) is 22.4. The molecule has 190 valence electrons. The fourth-order valence-corrected chi connectivity index (χ4v) is 9.04. The maximum atomic E-state index is 12.3. The van der Waals surface area contributed by atoms with Gasteiger partial charge in [0, 0.05) is 18.6 Å². The van der Waals surface area contributed by atoms with Gasteiger partial charge >= 0.3 is 0 Å². The highest BCUT2D eigenvalue weighted by atomic mass is 16.5. The predicted molar refractivity (Wildman–Crippen MR) is 134 cm³/mol. The van der Waals surface area contributed by atoms with Crippen molar-refractivity contribution in [2.45, 2.75) is 102 Å². The summed E-state index contributed by atoms with van der Waals surface area (Å²) in [5.41, 5.74) is 6.36. The number of ether oxygens (including phenoxy) is 1. The summed E-state index contributed by atoms with van der Waals surface area (Å²) in [4.78, 5) is 0. The van der Waals surface area contributed by atoms with Crippen LogP contribution < -0.4 is 11.1 Å². The highest BCUT2D eigenvalue weighted by Crippen LogP contribution is 2.70. The Balaban J connectivity index is 1.21. The van der Waals surface area contributed by atoms with Crippen molar-refractivity contribution < 1.29 is 14.3 Å². The Morgan fingerprint density at radius 2 is 2.00 bits per heavy atom. The lowest BCUT2D eigenvalue weighted by Gasteiger charge is -2.63. The van der Waals surface area contributed by atoms with Gasteiger partial charge in [0.15, 0.2) is 5.96 Å². The van der Waals surface area contributed by atoms with Crippen molar-refractivity contribution in [2.24, 2.45) is 34.3 Å². The molecule has 5 N–H and O–H groups in total. The summed E-state index contributed by atoms with van der Waals surface area (Å²) in [5.74, 6) is 2.23. The lowest BCUT2D eigenvalue weighted by Crippen LogP contribution is -2.62. The molecule has 3 unspecified atom stereocenters. The minimum atomic E-state index is -0.549. The van der Waals surface area contributed by atoms with E-state index in [-0.39, 0.29) is 11.4 Å². The number of hydrogen-bond donors (Lipinski definition) is 4. The number of guanidine groups is 1. The molecule has 4 fully saturated rings. The van der Waals surface area contributed by atoms with Gasteiger partial charge in [-0.3, -0.25) is 5.41 Å². The Bertz CT molecular complexity index is 859. The molecular weight excluding hydrogens is 426 g/mol. The monoisotopic (exact) mass is 471 g/mol. The van der Waals surface area contributed by atoms with Gasteiger partial charge in [-0.2, -0.15) is 0 Å². The lowest BCUT2D eigenvalue weighted by molar-refractivity contribution is -0.207. The molecule has 0 aliphatic heterocycles. The number of rotatable bonds is 7. The second-order valence-electron chi connectivity index (χ2n) is 12.3. The minimum absolute atomic E-state index is 0.0429. The van der Waals surface area contributed by atoms with Gasteiger partial charge in [-0.1, -0.05) is 13.8 Å². The molecule has 6 nitrogen and oxygen atoms in total. The molecule has 4 saturated carbocycles. The van der Waals surface area contributed by atoms with Gasteiger partial charge in [0.2, 0.25) is 0 Å². The molecule has 1 aromatic rings. The zero-order valence-corrected chi connectivity index (χ0v) is 21.2. The normalized spacial score (nSPS) is 43.6. The Labute approximate surface area is 204 Å². The maximum Gasteiger partial charge on any atom is 0.185 e. The molecule has 0 bridgehead atoms. The van der Waals surface area contributed by atoms with Gasteiger partial charge in [-0.15, -0.1) is 0 Å². The number of unbranched alkanes of at least 4 members (excludes halogenated alkanes) is 1. The Hall–Kier alpha value is -1.53. The first-order valence-electron chi connectivity index (χ1n) is 13.7. The average molecular weight is 472 g/mol. The molecule has 5 rings (SSSR count). The number of hydrogen-bond acceptors (Lipinski definition) is 4. The topological polar surface area (TPSA) is 104 Å². The van der Waals surface area contributed by atoms with Gasteiger partial charge in [0.25, 0.3) is 0 Å². The van der Waals surface area contributed by atoms with Crippen LogP contribution in [0.15, 0.2) is 23.0 Å². The average Bonchev–Trinajstić information content (AvgIpc) is 3.42. The molecule has 0 amide bonds. The van der Waals surface area contributed by atoms with E-state index < -0.39 is 5.60 Å². The molecule has 0 saturated heterocycles. The van der Waals surface area contributed by atoms with Crippen LogP contribution in [0.2, 0.25) is 0 Å². The van der Waals surface area contributed by atoms with Crippen LogP contribution in [0.25, 0.3) is 0 Å². The number of nitrogens with one attached hydrogen (secondary N) is 2. The number of furan rings is 1. The van der Waals surface area contributed by atoms with Gasteiger partial charge < -0.3 is 25.3 Å². The van der Waals surface area contributed by atoms with Gasteiger partial charge in [-0.25, -0.2) is 0 Å². The van der Waals surface area contributed by atoms with Crippen LogP contribution in [0.3, 0.4) is 0 Å². The smallest absolute Gasteiger partial charge is 0.185 e. The maximum absolute atomic E-state index is 12.3. The van der Waals surface area contributed by atoms with Crippen LogP contribution in [-0.2, 0) is 4.74 Å². The summed E-state index contributed by atoms with van der Waals surface area (Å²) in [6, 6.07) is 2.12. The first kappa shape index (κ1) is 24.2. The molecule has 8 atom stereocenters. The summed E-state index contributed by atoms with van der Waals surface area (Å²) in [7, 11) is 0. The molecule has 4 aliphatic carbocycles. The zero-order valence-electron chi connectivity index (χ0n) is 21.2. The Morgan fingerprint density at radius 3 is 2.76 bits per heavy atom. The summed E-state index contributed by atoms with van der Waals surface area (Å²) in [6.07, 6.45) is 16.4. The molecule has 34 heavy (non-hydrogen) atoms. The summed E-state index contributed by atoms with van der Waals surface area (Å²) < 4.78 is 11.7.